The van der Waals surface area contributed by atoms with E-state index in [1.165, 1.54) is 16.1 Å². The third-order valence-electron chi connectivity index (χ3n) is 9.65. The Morgan fingerprint density at radius 2 is 0.700 bits per heavy atom. The van der Waals surface area contributed by atoms with Crippen LogP contribution in [0.5, 0.6) is 0 Å². The lowest BCUT2D eigenvalue weighted by atomic mass is 9.86. The number of rotatable bonds is 6. The molecule has 0 N–H and O–H groups in total. The van der Waals surface area contributed by atoms with Crippen molar-refractivity contribution in [3.8, 4) is 0 Å². The summed E-state index contributed by atoms with van der Waals surface area (Å²) in [5.41, 5.74) is 0. The van der Waals surface area contributed by atoms with Gasteiger partial charge < -0.3 is 0 Å². The summed E-state index contributed by atoms with van der Waals surface area (Å²) in [5, 5.41) is 0. The van der Waals surface area contributed by atoms with Gasteiger partial charge in [0, 0.05) is 23.7 Å². The monoisotopic (exact) mass is 551 g/mol. The van der Waals surface area contributed by atoms with Gasteiger partial charge in [-0.2, -0.15) is 4.98 Å². The molecule has 218 valence electrons. The molecule has 0 aliphatic heterocycles. The quantitative estimate of drug-likeness (QED) is 0.404. The Balaban J connectivity index is 1.49. The number of aromatic nitrogens is 3. The molecule has 0 spiro atoms. The number of carbonyl (C=O) groups is 4. The van der Waals surface area contributed by atoms with Crippen molar-refractivity contribution in [3.05, 3.63) is 6.33 Å². The maximum atomic E-state index is 13.9. The van der Waals surface area contributed by atoms with E-state index >= 15 is 0 Å². The summed E-state index contributed by atoms with van der Waals surface area (Å²) in [6, 6.07) is 0. The second-order valence-electron chi connectivity index (χ2n) is 12.4. The van der Waals surface area contributed by atoms with Crippen molar-refractivity contribution in [2.45, 2.75) is 128 Å². The molecule has 1 heterocycles. The molecule has 0 radical (unpaired) electrons. The van der Waals surface area contributed by atoms with Crippen LogP contribution in [-0.4, -0.2) is 38.6 Å². The predicted octanol–water partition coefficient (Wildman–Crippen LogP) is 5.91. The average Bonchev–Trinajstić information content (AvgIpc) is 3.03. The number of nitrogens with zero attached hydrogens (tertiary/aromatic N) is 5. The first-order valence-corrected chi connectivity index (χ1v) is 16.0. The lowest BCUT2D eigenvalue weighted by Crippen LogP contribution is -2.48. The van der Waals surface area contributed by atoms with Gasteiger partial charge in [0.1, 0.15) is 6.33 Å². The largest absolute Gasteiger partial charge is 0.274 e. The molecule has 0 unspecified atom stereocenters. The minimum Gasteiger partial charge on any atom is -0.274 e. The highest BCUT2D eigenvalue weighted by atomic mass is 16.2. The molecule has 1 aromatic rings. The Bertz CT molecular complexity index is 914. The van der Waals surface area contributed by atoms with Gasteiger partial charge in [-0.05, 0) is 51.4 Å². The van der Waals surface area contributed by atoms with Crippen LogP contribution in [0, 0.1) is 23.7 Å². The van der Waals surface area contributed by atoms with Crippen LogP contribution in [0.3, 0.4) is 0 Å². The molecule has 4 aliphatic rings. The number of imide groups is 2. The molecule has 9 nitrogen and oxygen atoms in total. The minimum atomic E-state index is -0.254. The lowest BCUT2D eigenvalue weighted by Gasteiger charge is -2.32. The maximum Gasteiger partial charge on any atom is 0.244 e. The topological polar surface area (TPSA) is 113 Å². The van der Waals surface area contributed by atoms with Crippen molar-refractivity contribution in [1.82, 2.24) is 15.0 Å². The fourth-order valence-electron chi connectivity index (χ4n) is 7.23. The predicted molar refractivity (Wildman–Crippen MR) is 151 cm³/mol. The van der Waals surface area contributed by atoms with Gasteiger partial charge in [0.2, 0.25) is 35.5 Å². The zero-order valence-electron chi connectivity index (χ0n) is 23.9. The molecule has 0 bridgehead atoms. The van der Waals surface area contributed by atoms with Crippen LogP contribution in [0.25, 0.3) is 0 Å². The summed E-state index contributed by atoms with van der Waals surface area (Å²) in [6.45, 7) is 0. The number of carbonyl (C=O) groups excluding carboxylic acids is 4. The van der Waals surface area contributed by atoms with Crippen molar-refractivity contribution in [2.75, 3.05) is 9.80 Å². The normalized spacial score (nSPS) is 22.0. The molecule has 9 heteroatoms. The number of amides is 4. The molecular formula is C31H45N5O4. The van der Waals surface area contributed by atoms with Crippen LogP contribution in [0.2, 0.25) is 0 Å². The highest BCUT2D eigenvalue weighted by Gasteiger charge is 2.40. The molecule has 4 fully saturated rings. The van der Waals surface area contributed by atoms with E-state index in [0.29, 0.717) is 0 Å². The molecule has 40 heavy (non-hydrogen) atoms. The van der Waals surface area contributed by atoms with Gasteiger partial charge in [0.05, 0.1) is 0 Å². The Hall–Kier alpha value is -2.71. The highest BCUT2D eigenvalue weighted by Crippen LogP contribution is 2.33. The summed E-state index contributed by atoms with van der Waals surface area (Å²) < 4.78 is 0. The van der Waals surface area contributed by atoms with E-state index in [1.807, 2.05) is 0 Å². The molecule has 4 saturated carbocycles. The fraction of sp³-hybridized carbons (Fsp3) is 0.774. The van der Waals surface area contributed by atoms with Crippen molar-refractivity contribution < 1.29 is 19.2 Å². The van der Waals surface area contributed by atoms with E-state index in [4.69, 9.17) is 0 Å². The first-order valence-electron chi connectivity index (χ1n) is 16.0. The molecule has 1 aromatic heterocycles. The SMILES string of the molecule is O=C(C1CCCCC1)N(C(=O)C1CCCCC1)c1ncnc(N(C(=O)C2CCCCC2)C(=O)C2CCCCC2)n1. The molecule has 4 aliphatic carbocycles. The molecule has 4 amide bonds. The van der Waals surface area contributed by atoms with Crippen LogP contribution in [0.15, 0.2) is 6.33 Å². The van der Waals surface area contributed by atoms with Crippen LogP contribution in [-0.2, 0) is 19.2 Å². The van der Waals surface area contributed by atoms with E-state index in [2.05, 4.69) is 15.0 Å². The second-order valence-corrected chi connectivity index (χ2v) is 12.4. The molecule has 0 aromatic carbocycles. The average molecular weight is 552 g/mol. The molecule has 5 rings (SSSR count). The van der Waals surface area contributed by atoms with Crippen molar-refractivity contribution >= 4 is 35.5 Å². The number of anilines is 2. The van der Waals surface area contributed by atoms with Crippen LogP contribution in [0.1, 0.15) is 128 Å². The number of hydrogen-bond acceptors (Lipinski definition) is 7. The minimum absolute atomic E-state index is 0.0472. The summed E-state index contributed by atoms with van der Waals surface area (Å²) >= 11 is 0. The Morgan fingerprint density at radius 1 is 0.450 bits per heavy atom. The summed E-state index contributed by atoms with van der Waals surface area (Å²) in [5.74, 6) is -2.09. The van der Waals surface area contributed by atoms with Gasteiger partial charge >= 0.3 is 0 Å². The Kier molecular flexibility index (Phi) is 9.92. The second kappa shape index (κ2) is 13.8. The summed E-state index contributed by atoms with van der Waals surface area (Å²) in [7, 11) is 0. The van der Waals surface area contributed by atoms with Crippen molar-refractivity contribution in [1.29, 1.82) is 0 Å². The smallest absolute Gasteiger partial charge is 0.244 e. The van der Waals surface area contributed by atoms with Crippen molar-refractivity contribution in [2.24, 2.45) is 23.7 Å². The Labute approximate surface area is 237 Å². The maximum absolute atomic E-state index is 13.9. The third-order valence-corrected chi connectivity index (χ3v) is 9.65. The van der Waals surface area contributed by atoms with Gasteiger partial charge in [-0.25, -0.2) is 19.8 Å². The molecule has 0 saturated heterocycles. The third kappa shape index (κ3) is 6.60. The standard InChI is InChI=1S/C31H45N5O4/c37-26(22-13-5-1-6-14-22)35(27(38)23-15-7-2-8-16-23)30-32-21-33-31(34-30)36(28(39)24-17-9-3-10-18-24)29(40)25-19-11-4-12-20-25/h21-25H,1-20H2. The zero-order chi connectivity index (χ0) is 27.9. The summed E-state index contributed by atoms with van der Waals surface area (Å²) in [4.78, 5) is 71.1. The van der Waals surface area contributed by atoms with Crippen LogP contribution >= 0.6 is 0 Å². The number of hydrogen-bond donors (Lipinski definition) is 0. The van der Waals surface area contributed by atoms with Gasteiger partial charge in [0.25, 0.3) is 0 Å². The summed E-state index contributed by atoms with van der Waals surface area (Å²) in [6.07, 6.45) is 19.3. The zero-order valence-corrected chi connectivity index (χ0v) is 23.9. The van der Waals surface area contributed by atoms with Gasteiger partial charge in [-0.1, -0.05) is 77.0 Å². The van der Waals surface area contributed by atoms with E-state index in [1.54, 1.807) is 0 Å². The van der Waals surface area contributed by atoms with Crippen LogP contribution < -0.4 is 9.80 Å². The molecular weight excluding hydrogens is 506 g/mol. The van der Waals surface area contributed by atoms with Gasteiger partial charge in [0.15, 0.2) is 0 Å². The Morgan fingerprint density at radius 3 is 0.950 bits per heavy atom. The van der Waals surface area contributed by atoms with Gasteiger partial charge in [-0.15, -0.1) is 0 Å². The molecule has 0 atom stereocenters. The first kappa shape index (κ1) is 28.8. The lowest BCUT2D eigenvalue weighted by molar-refractivity contribution is -0.133. The van der Waals surface area contributed by atoms with E-state index < -0.39 is 0 Å². The van der Waals surface area contributed by atoms with E-state index in [0.717, 1.165) is 128 Å². The highest BCUT2D eigenvalue weighted by molar-refractivity contribution is 6.16. The van der Waals surface area contributed by atoms with Crippen molar-refractivity contribution in [3.63, 3.8) is 0 Å². The van der Waals surface area contributed by atoms with E-state index in [-0.39, 0.29) is 59.2 Å². The van der Waals surface area contributed by atoms with E-state index in [9.17, 15) is 19.2 Å². The fourth-order valence-corrected chi connectivity index (χ4v) is 7.23. The van der Waals surface area contributed by atoms with Crippen LogP contribution in [0.4, 0.5) is 11.9 Å². The van der Waals surface area contributed by atoms with Gasteiger partial charge in [-0.3, -0.25) is 19.2 Å². The first-order chi connectivity index (χ1) is 19.5.